The summed E-state index contributed by atoms with van der Waals surface area (Å²) in [6.07, 6.45) is 2.60. The standard InChI is InChI=1S/C19H23N/c1-20-13-12-16(15-20)14-19(17-8-4-2-5-9-17)18-10-6-3-7-11-18/h2-11,16,19H,12-15H2,1H3/t16-/m1/s1. The summed E-state index contributed by atoms with van der Waals surface area (Å²) >= 11 is 0. The van der Waals surface area contributed by atoms with E-state index in [-0.39, 0.29) is 0 Å². The zero-order valence-electron chi connectivity index (χ0n) is 12.2. The van der Waals surface area contributed by atoms with Gasteiger partial charge in [0, 0.05) is 12.5 Å². The minimum absolute atomic E-state index is 0.536. The molecule has 0 amide bonds. The highest BCUT2D eigenvalue weighted by atomic mass is 15.1. The Bertz CT molecular complexity index is 480. The predicted octanol–water partition coefficient (Wildman–Crippen LogP) is 4.16. The molecule has 0 radical (unpaired) electrons. The van der Waals surface area contributed by atoms with Crippen LogP contribution < -0.4 is 0 Å². The lowest BCUT2D eigenvalue weighted by Gasteiger charge is -2.22. The molecule has 1 aliphatic heterocycles. The van der Waals surface area contributed by atoms with Crippen LogP contribution in [0.5, 0.6) is 0 Å². The van der Waals surface area contributed by atoms with Crippen molar-refractivity contribution in [1.82, 2.24) is 4.90 Å². The molecule has 1 heteroatoms. The van der Waals surface area contributed by atoms with Gasteiger partial charge in [-0.05, 0) is 43.5 Å². The normalized spacial score (nSPS) is 19.6. The van der Waals surface area contributed by atoms with Crippen molar-refractivity contribution in [3.63, 3.8) is 0 Å². The predicted molar refractivity (Wildman–Crippen MR) is 84.9 cm³/mol. The van der Waals surface area contributed by atoms with E-state index in [1.54, 1.807) is 0 Å². The fourth-order valence-electron chi connectivity index (χ4n) is 3.39. The van der Waals surface area contributed by atoms with Gasteiger partial charge >= 0.3 is 0 Å². The van der Waals surface area contributed by atoms with Crippen LogP contribution in [0.25, 0.3) is 0 Å². The summed E-state index contributed by atoms with van der Waals surface area (Å²) in [4.78, 5) is 2.46. The molecule has 0 unspecified atom stereocenters. The quantitative estimate of drug-likeness (QED) is 0.802. The Morgan fingerprint density at radius 2 is 1.50 bits per heavy atom. The van der Waals surface area contributed by atoms with E-state index in [2.05, 4.69) is 72.6 Å². The zero-order valence-corrected chi connectivity index (χ0v) is 12.2. The number of rotatable bonds is 4. The van der Waals surface area contributed by atoms with Crippen molar-refractivity contribution in [2.24, 2.45) is 5.92 Å². The van der Waals surface area contributed by atoms with Crippen LogP contribution in [-0.4, -0.2) is 25.0 Å². The van der Waals surface area contributed by atoms with Crippen LogP contribution in [0.2, 0.25) is 0 Å². The average molecular weight is 265 g/mol. The van der Waals surface area contributed by atoms with Crippen molar-refractivity contribution >= 4 is 0 Å². The first-order valence-corrected chi connectivity index (χ1v) is 7.61. The summed E-state index contributed by atoms with van der Waals surface area (Å²) in [6, 6.07) is 21.9. The van der Waals surface area contributed by atoms with Gasteiger partial charge < -0.3 is 4.90 Å². The minimum atomic E-state index is 0.536. The van der Waals surface area contributed by atoms with Crippen molar-refractivity contribution in [1.29, 1.82) is 0 Å². The molecule has 3 rings (SSSR count). The van der Waals surface area contributed by atoms with Gasteiger partial charge in [0.25, 0.3) is 0 Å². The van der Waals surface area contributed by atoms with Gasteiger partial charge in [-0.1, -0.05) is 60.7 Å². The van der Waals surface area contributed by atoms with Gasteiger partial charge in [0.1, 0.15) is 0 Å². The third-order valence-electron chi connectivity index (χ3n) is 4.46. The number of likely N-dealkylation sites (tertiary alicyclic amines) is 1. The van der Waals surface area contributed by atoms with E-state index in [0.29, 0.717) is 5.92 Å². The molecule has 1 heterocycles. The van der Waals surface area contributed by atoms with Crippen molar-refractivity contribution in [3.05, 3.63) is 71.8 Å². The van der Waals surface area contributed by atoms with Gasteiger partial charge in [0.05, 0.1) is 0 Å². The van der Waals surface area contributed by atoms with E-state index < -0.39 is 0 Å². The van der Waals surface area contributed by atoms with Crippen molar-refractivity contribution in [2.75, 3.05) is 20.1 Å². The Balaban J connectivity index is 1.84. The number of hydrogen-bond donors (Lipinski definition) is 0. The van der Waals surface area contributed by atoms with Gasteiger partial charge in [0.2, 0.25) is 0 Å². The Morgan fingerprint density at radius 1 is 0.950 bits per heavy atom. The van der Waals surface area contributed by atoms with E-state index in [9.17, 15) is 0 Å². The van der Waals surface area contributed by atoms with Crippen LogP contribution >= 0.6 is 0 Å². The maximum absolute atomic E-state index is 2.46. The molecule has 0 aromatic heterocycles. The number of hydrogen-bond acceptors (Lipinski definition) is 1. The lowest BCUT2D eigenvalue weighted by Crippen LogP contribution is -2.15. The second kappa shape index (κ2) is 6.23. The molecule has 2 aromatic rings. The van der Waals surface area contributed by atoms with E-state index in [1.165, 1.54) is 37.1 Å². The molecule has 1 aliphatic rings. The molecule has 1 atom stereocenters. The monoisotopic (exact) mass is 265 g/mol. The van der Waals surface area contributed by atoms with Crippen molar-refractivity contribution < 1.29 is 0 Å². The van der Waals surface area contributed by atoms with Crippen LogP contribution in [-0.2, 0) is 0 Å². The van der Waals surface area contributed by atoms with Crippen LogP contribution in [0.1, 0.15) is 29.9 Å². The second-order valence-electron chi connectivity index (χ2n) is 6.03. The topological polar surface area (TPSA) is 3.24 Å². The zero-order chi connectivity index (χ0) is 13.8. The van der Waals surface area contributed by atoms with E-state index in [0.717, 1.165) is 5.92 Å². The van der Waals surface area contributed by atoms with Gasteiger partial charge in [-0.25, -0.2) is 0 Å². The van der Waals surface area contributed by atoms with E-state index in [1.807, 2.05) is 0 Å². The summed E-state index contributed by atoms with van der Waals surface area (Å²) in [5.41, 5.74) is 2.90. The Kier molecular flexibility index (Phi) is 4.17. The maximum atomic E-state index is 2.46. The first-order valence-electron chi connectivity index (χ1n) is 7.61. The van der Waals surface area contributed by atoms with Crippen LogP contribution in [0.15, 0.2) is 60.7 Å². The summed E-state index contributed by atoms with van der Waals surface area (Å²) in [7, 11) is 2.24. The molecule has 1 fully saturated rings. The van der Waals surface area contributed by atoms with Crippen LogP contribution in [0.3, 0.4) is 0 Å². The summed E-state index contributed by atoms with van der Waals surface area (Å²) in [5, 5.41) is 0. The third kappa shape index (κ3) is 3.10. The molecule has 0 spiro atoms. The highest BCUT2D eigenvalue weighted by Crippen LogP contribution is 2.33. The largest absolute Gasteiger partial charge is 0.306 e. The molecular formula is C19H23N. The lowest BCUT2D eigenvalue weighted by molar-refractivity contribution is 0.382. The Morgan fingerprint density at radius 3 is 1.95 bits per heavy atom. The molecular weight excluding hydrogens is 242 g/mol. The van der Waals surface area contributed by atoms with Crippen LogP contribution in [0.4, 0.5) is 0 Å². The van der Waals surface area contributed by atoms with Crippen LogP contribution in [0, 0.1) is 5.92 Å². The minimum Gasteiger partial charge on any atom is -0.306 e. The maximum Gasteiger partial charge on any atom is 0.00924 e. The first-order chi connectivity index (χ1) is 9.83. The van der Waals surface area contributed by atoms with E-state index >= 15 is 0 Å². The molecule has 0 saturated carbocycles. The van der Waals surface area contributed by atoms with E-state index in [4.69, 9.17) is 0 Å². The molecule has 2 aromatic carbocycles. The Labute approximate surface area is 122 Å². The fraction of sp³-hybridized carbons (Fsp3) is 0.368. The molecule has 0 aliphatic carbocycles. The number of nitrogens with zero attached hydrogens (tertiary/aromatic N) is 1. The SMILES string of the molecule is CN1CC[C@H](CC(c2ccccc2)c2ccccc2)C1. The molecule has 20 heavy (non-hydrogen) atoms. The third-order valence-corrected chi connectivity index (χ3v) is 4.46. The Hall–Kier alpha value is -1.60. The van der Waals surface area contributed by atoms with Crippen molar-refractivity contribution in [3.8, 4) is 0 Å². The molecule has 104 valence electrons. The molecule has 1 saturated heterocycles. The van der Waals surface area contributed by atoms with Crippen molar-refractivity contribution in [2.45, 2.75) is 18.8 Å². The smallest absolute Gasteiger partial charge is 0.00924 e. The number of benzene rings is 2. The summed E-state index contributed by atoms with van der Waals surface area (Å²) in [6.45, 7) is 2.50. The highest BCUT2D eigenvalue weighted by Gasteiger charge is 2.24. The summed E-state index contributed by atoms with van der Waals surface area (Å²) < 4.78 is 0. The van der Waals surface area contributed by atoms with Gasteiger partial charge in [0.15, 0.2) is 0 Å². The first kappa shape index (κ1) is 13.4. The second-order valence-corrected chi connectivity index (χ2v) is 6.03. The fourth-order valence-corrected chi connectivity index (χ4v) is 3.39. The van der Waals surface area contributed by atoms with Gasteiger partial charge in [-0.2, -0.15) is 0 Å². The van der Waals surface area contributed by atoms with Gasteiger partial charge in [-0.15, -0.1) is 0 Å². The lowest BCUT2D eigenvalue weighted by atomic mass is 9.83. The summed E-state index contributed by atoms with van der Waals surface area (Å²) in [5.74, 6) is 1.36. The average Bonchev–Trinajstić information content (AvgIpc) is 2.92. The highest BCUT2D eigenvalue weighted by molar-refractivity contribution is 5.32. The van der Waals surface area contributed by atoms with Gasteiger partial charge in [-0.3, -0.25) is 0 Å². The molecule has 0 bridgehead atoms. The molecule has 0 N–H and O–H groups in total. The molecule has 1 nitrogen and oxygen atoms in total.